The summed E-state index contributed by atoms with van der Waals surface area (Å²) >= 11 is 1.37. The lowest BCUT2D eigenvalue weighted by Crippen LogP contribution is -2.11. The molecule has 4 aromatic rings. The van der Waals surface area contributed by atoms with Gasteiger partial charge in [0.15, 0.2) is 5.82 Å². The van der Waals surface area contributed by atoms with E-state index in [9.17, 15) is 9.18 Å². The van der Waals surface area contributed by atoms with Crippen LogP contribution in [0.5, 0.6) is 5.75 Å². The lowest BCUT2D eigenvalue weighted by Gasteiger charge is -2.10. The molecular formula is C24H22FN3O2S. The maximum absolute atomic E-state index is 13.0. The fourth-order valence-electron chi connectivity index (χ4n) is 3.22. The van der Waals surface area contributed by atoms with Crippen LogP contribution in [0.4, 0.5) is 10.2 Å². The van der Waals surface area contributed by atoms with E-state index in [0.717, 1.165) is 28.0 Å². The average Bonchev–Trinajstić information content (AvgIpc) is 3.39. The number of para-hydroxylation sites is 1. The Morgan fingerprint density at radius 2 is 1.84 bits per heavy atom. The van der Waals surface area contributed by atoms with Gasteiger partial charge in [0, 0.05) is 17.8 Å². The van der Waals surface area contributed by atoms with Crippen LogP contribution in [0.25, 0.3) is 0 Å². The van der Waals surface area contributed by atoms with E-state index in [2.05, 4.69) is 10.4 Å². The van der Waals surface area contributed by atoms with E-state index in [4.69, 9.17) is 4.74 Å². The topological polar surface area (TPSA) is 56.1 Å². The number of carbonyl (C=O) groups is 1. The molecule has 2 heterocycles. The number of hydrogen-bond acceptors (Lipinski definition) is 4. The highest BCUT2D eigenvalue weighted by atomic mass is 32.1. The molecule has 0 aliphatic carbocycles. The molecule has 5 nitrogen and oxygen atoms in total. The number of ether oxygens (including phenoxy) is 1. The van der Waals surface area contributed by atoms with Crippen LogP contribution in [0.2, 0.25) is 0 Å². The lowest BCUT2D eigenvalue weighted by atomic mass is 10.1. The second-order valence-corrected chi connectivity index (χ2v) is 8.22. The van der Waals surface area contributed by atoms with Crippen molar-refractivity contribution in [2.24, 2.45) is 0 Å². The number of nitrogens with zero attached hydrogens (tertiary/aromatic N) is 2. The Bertz CT molecular complexity index is 1180. The predicted molar refractivity (Wildman–Crippen MR) is 120 cm³/mol. The summed E-state index contributed by atoms with van der Waals surface area (Å²) < 4.78 is 20.7. The van der Waals surface area contributed by atoms with Gasteiger partial charge in [-0.3, -0.25) is 9.48 Å². The Labute approximate surface area is 184 Å². The van der Waals surface area contributed by atoms with Crippen molar-refractivity contribution in [1.29, 1.82) is 0 Å². The fourth-order valence-corrected chi connectivity index (χ4v) is 4.02. The maximum Gasteiger partial charge on any atom is 0.266 e. The van der Waals surface area contributed by atoms with E-state index in [-0.39, 0.29) is 11.7 Å². The number of benzene rings is 2. The van der Waals surface area contributed by atoms with Crippen molar-refractivity contribution in [3.63, 3.8) is 0 Å². The molecule has 1 amide bonds. The van der Waals surface area contributed by atoms with Crippen molar-refractivity contribution in [3.05, 3.63) is 99.1 Å². The molecule has 2 aromatic heterocycles. The van der Waals surface area contributed by atoms with Crippen molar-refractivity contribution in [3.8, 4) is 5.75 Å². The summed E-state index contributed by atoms with van der Waals surface area (Å²) in [5, 5.41) is 9.11. The Hall–Kier alpha value is -3.45. The van der Waals surface area contributed by atoms with Gasteiger partial charge in [0.1, 0.15) is 18.2 Å². The van der Waals surface area contributed by atoms with Crippen LogP contribution >= 0.6 is 11.3 Å². The monoisotopic (exact) mass is 435 g/mol. The first-order valence-corrected chi connectivity index (χ1v) is 10.7. The van der Waals surface area contributed by atoms with Crippen molar-refractivity contribution in [2.45, 2.75) is 27.0 Å². The minimum atomic E-state index is -0.271. The third-order valence-corrected chi connectivity index (χ3v) is 5.79. The standard InChI is InChI=1S/C24H22FN3O2S/c1-16-4-3-5-17(2)23(16)30-14-19-12-21(31-15-19)24(29)26-22-10-11-28(27-22)13-18-6-8-20(25)9-7-18/h3-12,15H,13-14H2,1-2H3,(H,26,27,29). The third-order valence-electron chi connectivity index (χ3n) is 4.81. The van der Waals surface area contributed by atoms with Gasteiger partial charge in [-0.15, -0.1) is 11.3 Å². The second kappa shape index (κ2) is 9.14. The van der Waals surface area contributed by atoms with E-state index in [1.807, 2.05) is 43.5 Å². The Morgan fingerprint density at radius 3 is 2.58 bits per heavy atom. The van der Waals surface area contributed by atoms with Gasteiger partial charge < -0.3 is 10.1 Å². The number of rotatable bonds is 7. The summed E-state index contributed by atoms with van der Waals surface area (Å²) in [5.74, 6) is 0.863. The zero-order chi connectivity index (χ0) is 21.8. The van der Waals surface area contributed by atoms with Gasteiger partial charge in [-0.25, -0.2) is 4.39 Å². The molecule has 0 saturated heterocycles. The summed E-state index contributed by atoms with van der Waals surface area (Å²) in [5.41, 5.74) is 4.04. The number of hydrogen-bond donors (Lipinski definition) is 1. The van der Waals surface area contributed by atoms with Crippen LogP contribution in [-0.2, 0) is 13.2 Å². The third kappa shape index (κ3) is 5.19. The SMILES string of the molecule is Cc1cccc(C)c1OCc1csc(C(=O)Nc2ccn(Cc3ccc(F)cc3)n2)c1. The van der Waals surface area contributed by atoms with Crippen LogP contribution in [-0.4, -0.2) is 15.7 Å². The van der Waals surface area contributed by atoms with Crippen molar-refractivity contribution >= 4 is 23.1 Å². The molecule has 158 valence electrons. The first-order chi connectivity index (χ1) is 15.0. The van der Waals surface area contributed by atoms with Crippen LogP contribution in [0, 0.1) is 19.7 Å². The van der Waals surface area contributed by atoms with Gasteiger partial charge in [0.2, 0.25) is 0 Å². The molecule has 0 spiro atoms. The Kier molecular flexibility index (Phi) is 6.13. The molecule has 0 atom stereocenters. The fraction of sp³-hybridized carbons (Fsp3) is 0.167. The molecule has 0 aliphatic rings. The molecule has 1 N–H and O–H groups in total. The van der Waals surface area contributed by atoms with Crippen LogP contribution in [0.15, 0.2) is 66.2 Å². The van der Waals surface area contributed by atoms with Gasteiger partial charge >= 0.3 is 0 Å². The van der Waals surface area contributed by atoms with Gasteiger partial charge in [-0.2, -0.15) is 5.10 Å². The number of thiophene rings is 1. The summed E-state index contributed by atoms with van der Waals surface area (Å²) in [4.78, 5) is 13.2. The number of nitrogens with one attached hydrogen (secondary N) is 1. The first-order valence-electron chi connectivity index (χ1n) is 9.83. The zero-order valence-corrected chi connectivity index (χ0v) is 18.1. The van der Waals surface area contributed by atoms with Crippen LogP contribution in [0.3, 0.4) is 0 Å². The molecule has 0 radical (unpaired) electrons. The minimum Gasteiger partial charge on any atom is -0.488 e. The van der Waals surface area contributed by atoms with Crippen molar-refractivity contribution in [1.82, 2.24) is 9.78 Å². The average molecular weight is 436 g/mol. The van der Waals surface area contributed by atoms with Gasteiger partial charge in [-0.05, 0) is 54.1 Å². The highest BCUT2D eigenvalue weighted by Gasteiger charge is 2.12. The second-order valence-electron chi connectivity index (χ2n) is 7.31. The van der Waals surface area contributed by atoms with Gasteiger partial charge in [-0.1, -0.05) is 30.3 Å². The minimum absolute atomic E-state index is 0.213. The molecule has 31 heavy (non-hydrogen) atoms. The van der Waals surface area contributed by atoms with Crippen molar-refractivity contribution in [2.75, 3.05) is 5.32 Å². The number of carbonyl (C=O) groups excluding carboxylic acids is 1. The smallest absolute Gasteiger partial charge is 0.266 e. The summed E-state index contributed by atoms with van der Waals surface area (Å²) in [6.07, 6.45) is 1.77. The Morgan fingerprint density at radius 1 is 1.10 bits per heavy atom. The molecule has 0 aliphatic heterocycles. The first kappa shape index (κ1) is 20.8. The molecule has 0 unspecified atom stereocenters. The Balaban J connectivity index is 1.35. The van der Waals surface area contributed by atoms with E-state index >= 15 is 0 Å². The molecule has 7 heteroatoms. The highest BCUT2D eigenvalue weighted by molar-refractivity contribution is 7.12. The summed E-state index contributed by atoms with van der Waals surface area (Å²) in [6.45, 7) is 4.94. The number of halogens is 1. The van der Waals surface area contributed by atoms with E-state index in [1.54, 1.807) is 29.1 Å². The van der Waals surface area contributed by atoms with Crippen molar-refractivity contribution < 1.29 is 13.9 Å². The number of amides is 1. The molecular weight excluding hydrogens is 413 g/mol. The van der Waals surface area contributed by atoms with Gasteiger partial charge in [0.05, 0.1) is 11.4 Å². The van der Waals surface area contributed by atoms with Gasteiger partial charge in [0.25, 0.3) is 5.91 Å². The largest absolute Gasteiger partial charge is 0.488 e. The molecule has 0 saturated carbocycles. The maximum atomic E-state index is 13.0. The molecule has 2 aromatic carbocycles. The predicted octanol–water partition coefficient (Wildman–Crippen LogP) is 5.58. The van der Waals surface area contributed by atoms with Crippen LogP contribution in [0.1, 0.15) is 31.9 Å². The molecule has 0 fully saturated rings. The molecule has 4 rings (SSSR count). The summed E-state index contributed by atoms with van der Waals surface area (Å²) in [7, 11) is 0. The van der Waals surface area contributed by atoms with Crippen LogP contribution < -0.4 is 10.1 Å². The zero-order valence-electron chi connectivity index (χ0n) is 17.3. The lowest BCUT2D eigenvalue weighted by molar-refractivity contribution is 0.103. The van der Waals surface area contributed by atoms with E-state index in [1.165, 1.54) is 23.5 Å². The number of aromatic nitrogens is 2. The quantitative estimate of drug-likeness (QED) is 0.412. The summed E-state index contributed by atoms with van der Waals surface area (Å²) in [6, 6.07) is 15.9. The van der Waals surface area contributed by atoms with E-state index < -0.39 is 0 Å². The van der Waals surface area contributed by atoms with E-state index in [0.29, 0.717) is 23.8 Å². The highest BCUT2D eigenvalue weighted by Crippen LogP contribution is 2.25. The number of anilines is 1. The normalized spacial score (nSPS) is 10.8. The number of aryl methyl sites for hydroxylation is 2. The molecule has 0 bridgehead atoms.